The average Bonchev–Trinajstić information content (AvgIpc) is 3.06. The van der Waals surface area contributed by atoms with Crippen LogP contribution >= 0.6 is 23.8 Å². The van der Waals surface area contributed by atoms with Crippen LogP contribution in [0.3, 0.4) is 0 Å². The highest BCUT2D eigenvalue weighted by molar-refractivity contribution is 7.89. The number of nitrogens with one attached hydrogen (secondary N) is 1. The van der Waals surface area contributed by atoms with Crippen LogP contribution in [-0.2, 0) is 10.0 Å². The average molecular weight is 333 g/mol. The third-order valence-electron chi connectivity index (χ3n) is 3.39. The fraction of sp³-hybridized carbons (Fsp3) is 0.462. The predicted molar refractivity (Wildman–Crippen MR) is 84.5 cm³/mol. The molecule has 0 spiro atoms. The lowest BCUT2D eigenvalue weighted by Gasteiger charge is -2.09. The zero-order valence-corrected chi connectivity index (χ0v) is 13.5. The first kappa shape index (κ1) is 15.7. The van der Waals surface area contributed by atoms with Crippen molar-refractivity contribution in [3.8, 4) is 0 Å². The third kappa shape index (κ3) is 3.49. The zero-order valence-electron chi connectivity index (χ0n) is 11.1. The zero-order chi connectivity index (χ0) is 14.9. The van der Waals surface area contributed by atoms with Gasteiger partial charge in [0.25, 0.3) is 0 Å². The molecule has 0 heterocycles. The Morgan fingerprint density at radius 2 is 2.25 bits per heavy atom. The van der Waals surface area contributed by atoms with E-state index in [0.717, 1.165) is 19.3 Å². The van der Waals surface area contributed by atoms with Gasteiger partial charge in [-0.05, 0) is 30.9 Å². The molecule has 1 aromatic carbocycles. The Hall–Kier alpha value is -0.690. The van der Waals surface area contributed by atoms with E-state index in [1.165, 1.54) is 12.1 Å². The molecule has 4 nitrogen and oxygen atoms in total. The van der Waals surface area contributed by atoms with Gasteiger partial charge in [0.2, 0.25) is 10.0 Å². The van der Waals surface area contributed by atoms with Crippen molar-refractivity contribution in [2.45, 2.75) is 37.1 Å². The fourth-order valence-corrected chi connectivity index (χ4v) is 4.18. The van der Waals surface area contributed by atoms with E-state index >= 15 is 0 Å². The van der Waals surface area contributed by atoms with Gasteiger partial charge in [0, 0.05) is 11.6 Å². The van der Waals surface area contributed by atoms with Crippen LogP contribution < -0.4 is 10.5 Å². The Morgan fingerprint density at radius 3 is 2.85 bits per heavy atom. The van der Waals surface area contributed by atoms with Crippen molar-refractivity contribution in [1.82, 2.24) is 4.72 Å². The first-order valence-corrected chi connectivity index (χ1v) is 8.73. The molecular weight excluding hydrogens is 316 g/mol. The summed E-state index contributed by atoms with van der Waals surface area (Å²) in [5.74, 6) is 0.437. The summed E-state index contributed by atoms with van der Waals surface area (Å²) < 4.78 is 27.4. The van der Waals surface area contributed by atoms with Crippen molar-refractivity contribution in [1.29, 1.82) is 0 Å². The molecule has 1 saturated carbocycles. The number of rotatable bonds is 6. The summed E-state index contributed by atoms with van der Waals surface area (Å²) in [6, 6.07) is 4.55. The molecule has 0 aromatic heterocycles. The van der Waals surface area contributed by atoms with Crippen LogP contribution in [0.25, 0.3) is 0 Å². The minimum atomic E-state index is -3.63. The third-order valence-corrected chi connectivity index (χ3v) is 5.60. The van der Waals surface area contributed by atoms with Crippen LogP contribution in [0.4, 0.5) is 0 Å². The summed E-state index contributed by atoms with van der Waals surface area (Å²) in [6.07, 6.45) is 2.98. The summed E-state index contributed by atoms with van der Waals surface area (Å²) in [5.41, 5.74) is 6.02. The second kappa shape index (κ2) is 5.97. The van der Waals surface area contributed by atoms with Gasteiger partial charge < -0.3 is 5.73 Å². The van der Waals surface area contributed by atoms with Crippen molar-refractivity contribution in [2.75, 3.05) is 0 Å². The van der Waals surface area contributed by atoms with Gasteiger partial charge in [0.15, 0.2) is 0 Å². The van der Waals surface area contributed by atoms with Crippen LogP contribution in [0.5, 0.6) is 0 Å². The van der Waals surface area contributed by atoms with Crippen LogP contribution in [0, 0.1) is 5.92 Å². The molecular formula is C13H17ClN2O2S2. The summed E-state index contributed by atoms with van der Waals surface area (Å²) >= 11 is 10.8. The first-order chi connectivity index (χ1) is 9.35. The monoisotopic (exact) mass is 332 g/mol. The molecule has 1 aliphatic carbocycles. The maximum Gasteiger partial charge on any atom is 0.242 e. The molecule has 3 N–H and O–H groups in total. The van der Waals surface area contributed by atoms with E-state index in [2.05, 4.69) is 11.6 Å². The van der Waals surface area contributed by atoms with E-state index in [1.807, 2.05) is 0 Å². The lowest BCUT2D eigenvalue weighted by atomic mass is 10.2. The van der Waals surface area contributed by atoms with Gasteiger partial charge in [0.05, 0.1) is 5.02 Å². The Kier molecular flexibility index (Phi) is 4.69. The molecule has 1 fully saturated rings. The molecule has 7 heteroatoms. The molecule has 0 amide bonds. The largest absolute Gasteiger partial charge is 0.389 e. The van der Waals surface area contributed by atoms with Gasteiger partial charge in [-0.1, -0.05) is 43.2 Å². The minimum absolute atomic E-state index is 0.0181. The number of sulfonamides is 1. The number of nitrogens with two attached hydrogens (primary N) is 1. The first-order valence-electron chi connectivity index (χ1n) is 6.47. The van der Waals surface area contributed by atoms with Crippen molar-refractivity contribution >= 4 is 38.8 Å². The van der Waals surface area contributed by atoms with E-state index in [0.29, 0.717) is 11.5 Å². The van der Waals surface area contributed by atoms with E-state index in [9.17, 15) is 8.42 Å². The maximum absolute atomic E-state index is 12.3. The lowest BCUT2D eigenvalue weighted by molar-refractivity contribution is 0.573. The van der Waals surface area contributed by atoms with Gasteiger partial charge in [-0.3, -0.25) is 0 Å². The molecule has 2 unspecified atom stereocenters. The fourth-order valence-electron chi connectivity index (χ4n) is 2.21. The highest BCUT2D eigenvalue weighted by atomic mass is 35.5. The molecule has 110 valence electrons. The molecule has 0 radical (unpaired) electrons. The number of halogens is 1. The van der Waals surface area contributed by atoms with Gasteiger partial charge in [-0.15, -0.1) is 0 Å². The van der Waals surface area contributed by atoms with Gasteiger partial charge >= 0.3 is 0 Å². The number of hydrogen-bond donors (Lipinski definition) is 2. The second-order valence-electron chi connectivity index (χ2n) is 5.02. The summed E-state index contributed by atoms with van der Waals surface area (Å²) in [5, 5.41) is 0.171. The predicted octanol–water partition coefficient (Wildman–Crippen LogP) is 2.44. The standard InChI is InChI=1S/C13H17ClN2O2S2/c1-2-3-8-6-11(8)16-20(17,18)12-7-9(13(15)19)4-5-10(12)14/h4-5,7-8,11,16H,2-3,6H2,1H3,(H2,15,19). The van der Waals surface area contributed by atoms with Crippen LogP contribution in [0.1, 0.15) is 31.7 Å². The normalized spacial score (nSPS) is 21.7. The lowest BCUT2D eigenvalue weighted by Crippen LogP contribution is -2.27. The molecule has 2 rings (SSSR count). The maximum atomic E-state index is 12.3. The van der Waals surface area contributed by atoms with Crippen LogP contribution in [0.15, 0.2) is 23.1 Å². The summed E-state index contributed by atoms with van der Waals surface area (Å²) in [7, 11) is -3.63. The number of thiocarbonyl (C=S) groups is 1. The molecule has 0 aliphatic heterocycles. The van der Waals surface area contributed by atoms with Gasteiger partial charge in [-0.25, -0.2) is 13.1 Å². The van der Waals surface area contributed by atoms with Crippen LogP contribution in [0.2, 0.25) is 5.02 Å². The van der Waals surface area contributed by atoms with Crippen molar-refractivity contribution in [3.63, 3.8) is 0 Å². The topological polar surface area (TPSA) is 72.2 Å². The van der Waals surface area contributed by atoms with E-state index < -0.39 is 10.0 Å². The number of hydrogen-bond acceptors (Lipinski definition) is 3. The van der Waals surface area contributed by atoms with Gasteiger partial charge in [-0.2, -0.15) is 0 Å². The summed E-state index contributed by atoms with van der Waals surface area (Å²) in [6.45, 7) is 2.09. The van der Waals surface area contributed by atoms with E-state index in [1.54, 1.807) is 6.07 Å². The van der Waals surface area contributed by atoms with Crippen molar-refractivity contribution in [3.05, 3.63) is 28.8 Å². The molecule has 20 heavy (non-hydrogen) atoms. The van der Waals surface area contributed by atoms with Gasteiger partial charge in [0.1, 0.15) is 9.88 Å². The van der Waals surface area contributed by atoms with Crippen molar-refractivity contribution < 1.29 is 8.42 Å². The minimum Gasteiger partial charge on any atom is -0.389 e. The molecule has 0 saturated heterocycles. The highest BCUT2D eigenvalue weighted by Crippen LogP contribution is 2.36. The Morgan fingerprint density at radius 1 is 1.55 bits per heavy atom. The van der Waals surface area contributed by atoms with E-state index in [4.69, 9.17) is 29.6 Å². The summed E-state index contributed by atoms with van der Waals surface area (Å²) in [4.78, 5) is 0.181. The quantitative estimate of drug-likeness (QED) is 0.785. The molecule has 2 atom stereocenters. The SMILES string of the molecule is CCCC1CC1NS(=O)(=O)c1cc(C(N)=S)ccc1Cl. The molecule has 1 aromatic rings. The van der Waals surface area contributed by atoms with E-state index in [-0.39, 0.29) is 20.9 Å². The highest BCUT2D eigenvalue weighted by Gasteiger charge is 2.39. The Balaban J connectivity index is 2.21. The number of benzene rings is 1. The molecule has 1 aliphatic rings. The Bertz CT molecular complexity index is 631. The van der Waals surface area contributed by atoms with Crippen LogP contribution in [-0.4, -0.2) is 19.4 Å². The Labute approximate surface area is 129 Å². The van der Waals surface area contributed by atoms with Crippen molar-refractivity contribution in [2.24, 2.45) is 11.7 Å². The second-order valence-corrected chi connectivity index (χ2v) is 7.55. The molecule has 0 bridgehead atoms. The smallest absolute Gasteiger partial charge is 0.242 e.